The van der Waals surface area contributed by atoms with Crippen LogP contribution < -0.4 is 15.8 Å². The lowest BCUT2D eigenvalue weighted by Crippen LogP contribution is -2.24. The van der Waals surface area contributed by atoms with E-state index in [4.69, 9.17) is 22.1 Å². The van der Waals surface area contributed by atoms with Crippen molar-refractivity contribution in [1.29, 1.82) is 0 Å². The number of imidazole rings is 1. The fraction of sp³-hybridized carbons (Fsp3) is 0.412. The number of benzene rings is 1. The number of aryl methyl sites for hydroxylation is 1. The molecular weight excluding hydrogens is 328 g/mol. The van der Waals surface area contributed by atoms with Crippen molar-refractivity contribution in [3.8, 4) is 5.75 Å². The molecule has 0 unspecified atom stereocenters. The van der Waals surface area contributed by atoms with E-state index in [1.165, 1.54) is 0 Å². The molecule has 2 aromatic rings. The lowest BCUT2D eigenvalue weighted by Gasteiger charge is -2.10. The van der Waals surface area contributed by atoms with Crippen LogP contribution in [0.25, 0.3) is 0 Å². The van der Waals surface area contributed by atoms with Crippen LogP contribution in [0.15, 0.2) is 18.2 Å². The number of carbonyl (C=O) groups is 1. The molecule has 130 valence electrons. The maximum Gasteiger partial charge on any atom is 0.251 e. The first-order valence-electron chi connectivity index (χ1n) is 7.83. The zero-order chi connectivity index (χ0) is 17.7. The molecule has 1 heterocycles. The number of nitrogens with two attached hydrogens (primary N) is 1. The van der Waals surface area contributed by atoms with Crippen molar-refractivity contribution in [2.45, 2.75) is 26.8 Å². The van der Waals surface area contributed by atoms with Crippen molar-refractivity contribution in [2.24, 2.45) is 12.8 Å². The highest BCUT2D eigenvalue weighted by Gasteiger charge is 2.12. The molecule has 0 atom stereocenters. The molecule has 0 aliphatic heterocycles. The summed E-state index contributed by atoms with van der Waals surface area (Å²) in [4.78, 5) is 16.7. The van der Waals surface area contributed by atoms with Crippen molar-refractivity contribution in [3.63, 3.8) is 0 Å². The molecule has 0 aliphatic rings. The molecule has 24 heavy (non-hydrogen) atoms. The first kappa shape index (κ1) is 18.3. The van der Waals surface area contributed by atoms with Gasteiger partial charge in [-0.3, -0.25) is 4.79 Å². The van der Waals surface area contributed by atoms with Gasteiger partial charge in [0.1, 0.15) is 11.6 Å². The third-order valence-electron chi connectivity index (χ3n) is 3.92. The highest BCUT2D eigenvalue weighted by Crippen LogP contribution is 2.25. The first-order chi connectivity index (χ1) is 11.4. The third kappa shape index (κ3) is 4.27. The van der Waals surface area contributed by atoms with E-state index in [1.54, 1.807) is 18.2 Å². The second-order valence-corrected chi connectivity index (χ2v) is 5.98. The Morgan fingerprint density at radius 3 is 2.75 bits per heavy atom. The summed E-state index contributed by atoms with van der Waals surface area (Å²) in [5.41, 5.74) is 7.95. The van der Waals surface area contributed by atoms with Crippen LogP contribution in [0.4, 0.5) is 0 Å². The lowest BCUT2D eigenvalue weighted by atomic mass is 10.2. The number of hydrogen-bond donors (Lipinski definition) is 2. The van der Waals surface area contributed by atoms with E-state index < -0.39 is 0 Å². The molecule has 1 aromatic carbocycles. The van der Waals surface area contributed by atoms with Crippen LogP contribution in [-0.4, -0.2) is 28.6 Å². The molecule has 2 rings (SSSR count). The summed E-state index contributed by atoms with van der Waals surface area (Å²) in [6.45, 7) is 5.36. The van der Waals surface area contributed by atoms with Gasteiger partial charge in [0.15, 0.2) is 0 Å². The molecular formula is C17H23ClN4O2. The Labute approximate surface area is 147 Å². The molecule has 0 fully saturated rings. The quantitative estimate of drug-likeness (QED) is 0.751. The van der Waals surface area contributed by atoms with Gasteiger partial charge in [0.25, 0.3) is 5.91 Å². The molecule has 0 spiro atoms. The number of hydrogen-bond acceptors (Lipinski definition) is 4. The van der Waals surface area contributed by atoms with E-state index in [-0.39, 0.29) is 5.91 Å². The number of ether oxygens (including phenoxy) is 1. The topological polar surface area (TPSA) is 82.2 Å². The molecule has 0 saturated heterocycles. The van der Waals surface area contributed by atoms with Gasteiger partial charge in [0.05, 0.1) is 23.9 Å². The van der Waals surface area contributed by atoms with E-state index >= 15 is 0 Å². The van der Waals surface area contributed by atoms with E-state index in [0.717, 1.165) is 23.6 Å². The van der Waals surface area contributed by atoms with Crippen LogP contribution in [0.5, 0.6) is 5.75 Å². The summed E-state index contributed by atoms with van der Waals surface area (Å²) in [6, 6.07) is 4.99. The number of carbonyl (C=O) groups excluding carboxylic acids is 1. The standard InChI is InChI=1S/C17H23ClN4O2/c1-11-12(2)22(3)16(21-11)10-20-17(23)13-5-6-15(14(18)9-13)24-8-4-7-19/h5-6,9H,4,7-8,10,19H2,1-3H3,(H,20,23). The summed E-state index contributed by atoms with van der Waals surface area (Å²) in [5.74, 6) is 1.16. The second kappa shape index (κ2) is 8.17. The predicted octanol–water partition coefficient (Wildman–Crippen LogP) is 2.35. The van der Waals surface area contributed by atoms with Gasteiger partial charge in [-0.25, -0.2) is 4.98 Å². The predicted molar refractivity (Wildman–Crippen MR) is 94.5 cm³/mol. The molecule has 0 aliphatic carbocycles. The van der Waals surface area contributed by atoms with E-state index in [1.807, 2.05) is 25.5 Å². The highest BCUT2D eigenvalue weighted by molar-refractivity contribution is 6.32. The van der Waals surface area contributed by atoms with Gasteiger partial charge >= 0.3 is 0 Å². The van der Waals surface area contributed by atoms with Crippen molar-refractivity contribution in [1.82, 2.24) is 14.9 Å². The van der Waals surface area contributed by atoms with Crippen LogP contribution in [0.3, 0.4) is 0 Å². The summed E-state index contributed by atoms with van der Waals surface area (Å²) in [7, 11) is 1.93. The number of nitrogens with zero attached hydrogens (tertiary/aromatic N) is 2. The smallest absolute Gasteiger partial charge is 0.251 e. The molecule has 6 nitrogen and oxygen atoms in total. The van der Waals surface area contributed by atoms with Crippen LogP contribution >= 0.6 is 11.6 Å². The van der Waals surface area contributed by atoms with Gasteiger partial charge in [-0.1, -0.05) is 11.6 Å². The summed E-state index contributed by atoms with van der Waals surface area (Å²) in [5, 5.41) is 3.26. The minimum atomic E-state index is -0.205. The normalized spacial score (nSPS) is 10.7. The number of halogens is 1. The summed E-state index contributed by atoms with van der Waals surface area (Å²) in [6.07, 6.45) is 0.751. The Morgan fingerprint density at radius 1 is 1.42 bits per heavy atom. The number of aromatic nitrogens is 2. The van der Waals surface area contributed by atoms with E-state index in [0.29, 0.717) is 36.0 Å². The van der Waals surface area contributed by atoms with Gasteiger partial charge in [-0.2, -0.15) is 0 Å². The SMILES string of the molecule is Cc1nc(CNC(=O)c2ccc(OCCCN)c(Cl)c2)n(C)c1C. The Morgan fingerprint density at radius 2 is 2.17 bits per heavy atom. The monoisotopic (exact) mass is 350 g/mol. The molecule has 0 bridgehead atoms. The summed E-state index contributed by atoms with van der Waals surface area (Å²) < 4.78 is 7.49. The van der Waals surface area contributed by atoms with Gasteiger partial charge in [0, 0.05) is 18.3 Å². The van der Waals surface area contributed by atoms with Crippen LogP contribution in [0.2, 0.25) is 5.02 Å². The second-order valence-electron chi connectivity index (χ2n) is 5.58. The number of rotatable bonds is 7. The molecule has 3 N–H and O–H groups in total. The number of nitrogens with one attached hydrogen (secondary N) is 1. The van der Waals surface area contributed by atoms with Gasteiger partial charge < -0.3 is 20.4 Å². The van der Waals surface area contributed by atoms with Gasteiger partial charge in [-0.15, -0.1) is 0 Å². The fourth-order valence-electron chi connectivity index (χ4n) is 2.23. The van der Waals surface area contributed by atoms with Crippen LogP contribution in [0, 0.1) is 13.8 Å². The Kier molecular flexibility index (Phi) is 6.23. The first-order valence-corrected chi connectivity index (χ1v) is 8.21. The average molecular weight is 351 g/mol. The molecule has 0 saturated carbocycles. The highest BCUT2D eigenvalue weighted by atomic mass is 35.5. The van der Waals surface area contributed by atoms with Crippen LogP contribution in [-0.2, 0) is 13.6 Å². The molecule has 7 heteroatoms. The minimum Gasteiger partial charge on any atom is -0.492 e. The Hall–Kier alpha value is -2.05. The fourth-order valence-corrected chi connectivity index (χ4v) is 2.46. The van der Waals surface area contributed by atoms with Crippen molar-refractivity contribution < 1.29 is 9.53 Å². The zero-order valence-electron chi connectivity index (χ0n) is 14.2. The van der Waals surface area contributed by atoms with Gasteiger partial charge in [0.2, 0.25) is 0 Å². The molecule has 1 aromatic heterocycles. The largest absolute Gasteiger partial charge is 0.492 e. The third-order valence-corrected chi connectivity index (χ3v) is 4.21. The van der Waals surface area contributed by atoms with Crippen LogP contribution in [0.1, 0.15) is 34.0 Å². The zero-order valence-corrected chi connectivity index (χ0v) is 15.0. The Bertz CT molecular complexity index is 728. The lowest BCUT2D eigenvalue weighted by molar-refractivity contribution is 0.0949. The maximum atomic E-state index is 12.3. The average Bonchev–Trinajstić information content (AvgIpc) is 2.81. The van der Waals surface area contributed by atoms with E-state index in [2.05, 4.69) is 10.3 Å². The van der Waals surface area contributed by atoms with Crippen molar-refractivity contribution in [3.05, 3.63) is 46.0 Å². The number of amides is 1. The maximum absolute atomic E-state index is 12.3. The van der Waals surface area contributed by atoms with E-state index in [9.17, 15) is 4.79 Å². The minimum absolute atomic E-state index is 0.205. The van der Waals surface area contributed by atoms with Crippen molar-refractivity contribution in [2.75, 3.05) is 13.2 Å². The van der Waals surface area contributed by atoms with Gasteiger partial charge in [-0.05, 0) is 45.0 Å². The molecule has 1 amide bonds. The van der Waals surface area contributed by atoms with Crippen molar-refractivity contribution >= 4 is 17.5 Å². The Balaban J connectivity index is 1.99. The molecule has 0 radical (unpaired) electrons. The summed E-state index contributed by atoms with van der Waals surface area (Å²) >= 11 is 6.17.